The van der Waals surface area contributed by atoms with Gasteiger partial charge in [-0.15, -0.1) is 0 Å². The molecule has 9 aromatic rings. The second kappa shape index (κ2) is 11.5. The van der Waals surface area contributed by atoms with Crippen LogP contribution in [-0.4, -0.2) is 34.1 Å². The summed E-state index contributed by atoms with van der Waals surface area (Å²) in [6.45, 7) is 0. The first-order chi connectivity index (χ1) is 24.8. The third-order valence-corrected chi connectivity index (χ3v) is 10.1. The van der Waals surface area contributed by atoms with Crippen molar-refractivity contribution in [2.24, 2.45) is 0 Å². The van der Waals surface area contributed by atoms with Crippen molar-refractivity contribution in [3.63, 3.8) is 0 Å². The van der Waals surface area contributed by atoms with E-state index in [4.69, 9.17) is 15.0 Å². The van der Waals surface area contributed by atoms with E-state index >= 15 is 0 Å². The Bertz CT molecular complexity index is 2520. The van der Waals surface area contributed by atoms with Gasteiger partial charge in [-0.25, -0.2) is 15.0 Å². The Labute approximate surface area is 291 Å². The van der Waals surface area contributed by atoms with E-state index in [1.807, 2.05) is 73.6 Å². The molecule has 1 aliphatic heterocycles. The Balaban J connectivity index is 1.30. The van der Waals surface area contributed by atoms with Crippen LogP contribution in [0.25, 0.3) is 56.2 Å². The lowest BCUT2D eigenvalue weighted by Gasteiger charge is -2.33. The van der Waals surface area contributed by atoms with E-state index in [0.717, 1.165) is 73.3 Å². The van der Waals surface area contributed by atoms with Crippen LogP contribution >= 0.6 is 11.8 Å². The minimum absolute atomic E-state index is 0.806. The van der Waals surface area contributed by atoms with Crippen LogP contribution in [0.15, 0.2) is 168 Å². The van der Waals surface area contributed by atoms with E-state index < -0.39 is 0 Å². The topological polar surface area (TPSA) is 77.5 Å². The van der Waals surface area contributed by atoms with E-state index in [9.17, 15) is 0 Å². The predicted octanol–water partition coefficient (Wildman–Crippen LogP) is 9.82. The van der Waals surface area contributed by atoms with Gasteiger partial charge in [0.05, 0.1) is 51.2 Å². The molecule has 0 spiro atoms. The molecule has 1 aliphatic rings. The highest BCUT2D eigenvalue weighted by Crippen LogP contribution is 2.52. The monoisotopic (exact) mass is 662 g/mol. The number of hydrogen-bond acceptors (Lipinski definition) is 7. The molecule has 7 aromatic heterocycles. The average Bonchev–Trinajstić information content (AvgIpc) is 3.77. The van der Waals surface area contributed by atoms with Gasteiger partial charge in [0.25, 0.3) is 0 Å². The maximum absolute atomic E-state index is 5.48. The zero-order valence-corrected chi connectivity index (χ0v) is 27.3. The fourth-order valence-corrected chi connectivity index (χ4v) is 7.90. The summed E-state index contributed by atoms with van der Waals surface area (Å²) in [5.74, 6) is 0. The number of hydrogen-bond donors (Lipinski definition) is 0. The van der Waals surface area contributed by atoms with Crippen molar-refractivity contribution in [1.29, 1.82) is 0 Å². The second-order valence-corrected chi connectivity index (χ2v) is 13.0. The summed E-state index contributed by atoms with van der Waals surface area (Å²) < 4.78 is 4.33. The molecule has 0 aliphatic carbocycles. The van der Waals surface area contributed by atoms with Crippen molar-refractivity contribution < 1.29 is 0 Å². The summed E-state index contributed by atoms with van der Waals surface area (Å²) in [6, 6.07) is 42.0. The van der Waals surface area contributed by atoms with Crippen LogP contribution in [0.4, 0.5) is 17.1 Å². The van der Waals surface area contributed by atoms with E-state index in [0.29, 0.717) is 0 Å². The predicted molar refractivity (Wildman–Crippen MR) is 199 cm³/mol. The van der Waals surface area contributed by atoms with Crippen molar-refractivity contribution in [1.82, 2.24) is 34.1 Å². The van der Waals surface area contributed by atoms with E-state index in [1.54, 1.807) is 11.8 Å². The van der Waals surface area contributed by atoms with E-state index in [1.165, 1.54) is 9.79 Å². The van der Waals surface area contributed by atoms with Gasteiger partial charge in [-0.3, -0.25) is 19.1 Å². The number of anilines is 3. The lowest BCUT2D eigenvalue weighted by Crippen LogP contribution is -2.15. The fourth-order valence-electron chi connectivity index (χ4n) is 6.85. The lowest BCUT2D eigenvalue weighted by molar-refractivity contribution is 1.06. The van der Waals surface area contributed by atoms with Gasteiger partial charge >= 0.3 is 0 Å². The molecule has 50 heavy (non-hydrogen) atoms. The average molecular weight is 663 g/mol. The number of fused-ring (bicyclic) bond motifs is 4. The van der Waals surface area contributed by atoms with Crippen molar-refractivity contribution in [2.75, 3.05) is 4.90 Å². The molecule has 0 N–H and O–H groups in total. The largest absolute Gasteiger partial charge is 0.308 e. The van der Waals surface area contributed by atoms with Crippen LogP contribution in [-0.2, 0) is 0 Å². The molecule has 8 nitrogen and oxygen atoms in total. The van der Waals surface area contributed by atoms with Crippen LogP contribution in [0.5, 0.6) is 0 Å². The van der Waals surface area contributed by atoms with Crippen LogP contribution in [0, 0.1) is 0 Å². The summed E-state index contributed by atoms with van der Waals surface area (Å²) in [4.78, 5) is 28.5. The first-order valence-electron chi connectivity index (χ1n) is 16.2. The van der Waals surface area contributed by atoms with Crippen molar-refractivity contribution in [3.05, 3.63) is 159 Å². The molecule has 9 heteroatoms. The van der Waals surface area contributed by atoms with Gasteiger partial charge in [0.15, 0.2) is 0 Å². The summed E-state index contributed by atoms with van der Waals surface area (Å²) in [7, 11) is 0. The summed E-state index contributed by atoms with van der Waals surface area (Å²) in [5, 5.41) is 2.04. The molecule has 0 saturated heterocycles. The molecule has 0 fully saturated rings. The molecular formula is C41H26N8S. The van der Waals surface area contributed by atoms with E-state index in [2.05, 4.69) is 109 Å². The number of para-hydroxylation sites is 2. The van der Waals surface area contributed by atoms with Gasteiger partial charge in [-0.2, -0.15) is 0 Å². The van der Waals surface area contributed by atoms with Gasteiger partial charge in [0, 0.05) is 57.7 Å². The first kappa shape index (κ1) is 28.4. The van der Waals surface area contributed by atoms with Crippen molar-refractivity contribution >= 4 is 50.9 Å². The highest BCUT2D eigenvalue weighted by atomic mass is 32.2. The molecule has 0 radical (unpaired) electrons. The summed E-state index contributed by atoms with van der Waals surface area (Å²) >= 11 is 1.79. The van der Waals surface area contributed by atoms with Crippen LogP contribution in [0.3, 0.4) is 0 Å². The molecule has 0 atom stereocenters. The third kappa shape index (κ3) is 4.59. The smallest absolute Gasteiger partial charge is 0.144 e. The quantitative estimate of drug-likeness (QED) is 0.182. The minimum Gasteiger partial charge on any atom is -0.308 e. The molecule has 8 heterocycles. The van der Waals surface area contributed by atoms with Gasteiger partial charge in [-0.05, 0) is 97.1 Å². The molecule has 0 amide bonds. The summed E-state index contributed by atoms with van der Waals surface area (Å²) in [6.07, 6.45) is 10.9. The molecule has 0 bridgehead atoms. The molecule has 0 saturated carbocycles. The number of nitrogens with zero attached hydrogens (tertiary/aromatic N) is 8. The standard InChI is InChI=1S/C41H26N8S/c1-3-11-38-34(9-1)47(35-10-2-4-12-39(35)50-38)31-25-32(36-23-27-7-5-17-44-40(27)48(36)29-13-19-42-20-14-29)46-33(26-31)37-24-28-8-6-18-45-41(28)49(37)30-15-21-43-22-16-30/h1-26H. The van der Waals surface area contributed by atoms with Crippen LogP contribution < -0.4 is 4.90 Å². The van der Waals surface area contributed by atoms with Gasteiger partial charge in [0.2, 0.25) is 0 Å². The molecule has 236 valence electrons. The Morgan fingerprint density at radius 2 is 0.920 bits per heavy atom. The third-order valence-electron chi connectivity index (χ3n) is 8.99. The maximum atomic E-state index is 5.48. The number of rotatable bonds is 5. The Hall–Kier alpha value is -6.58. The molecular weight excluding hydrogens is 637 g/mol. The molecule has 10 rings (SSSR count). The zero-order valence-electron chi connectivity index (χ0n) is 26.5. The first-order valence-corrected chi connectivity index (χ1v) is 17.0. The van der Waals surface area contributed by atoms with Gasteiger partial charge < -0.3 is 4.90 Å². The lowest BCUT2D eigenvalue weighted by atomic mass is 10.1. The van der Waals surface area contributed by atoms with Gasteiger partial charge in [0.1, 0.15) is 11.3 Å². The van der Waals surface area contributed by atoms with Crippen molar-refractivity contribution in [2.45, 2.75) is 9.79 Å². The number of aromatic nitrogens is 7. The molecule has 2 aromatic carbocycles. The SMILES string of the molecule is c1ccc2c(c1)Sc1ccccc1N2c1cc(-c2cc3cccnc3n2-c2ccncc2)nc(-c2cc3cccnc3n2-c2ccncc2)c1. The van der Waals surface area contributed by atoms with E-state index in [-0.39, 0.29) is 0 Å². The van der Waals surface area contributed by atoms with Crippen molar-refractivity contribution in [3.8, 4) is 34.2 Å². The molecule has 0 unspecified atom stereocenters. The van der Waals surface area contributed by atoms with Crippen LogP contribution in [0.2, 0.25) is 0 Å². The normalized spacial score (nSPS) is 12.3. The number of benzene rings is 2. The second-order valence-electron chi connectivity index (χ2n) is 11.9. The zero-order chi connectivity index (χ0) is 33.0. The summed E-state index contributed by atoms with van der Waals surface area (Å²) in [5.41, 5.74) is 10.3. The maximum Gasteiger partial charge on any atom is 0.144 e. The highest BCUT2D eigenvalue weighted by Gasteiger charge is 2.27. The number of pyridine rings is 5. The van der Waals surface area contributed by atoms with Gasteiger partial charge in [-0.1, -0.05) is 36.0 Å². The minimum atomic E-state index is 0.806. The van der Waals surface area contributed by atoms with Crippen LogP contribution in [0.1, 0.15) is 0 Å². The Morgan fingerprint density at radius 3 is 1.42 bits per heavy atom. The Morgan fingerprint density at radius 1 is 0.440 bits per heavy atom. The highest BCUT2D eigenvalue weighted by molar-refractivity contribution is 7.99. The fraction of sp³-hybridized carbons (Fsp3) is 0. The Kier molecular flexibility index (Phi) is 6.56.